The number of rotatable bonds is 2. The van der Waals surface area contributed by atoms with Gasteiger partial charge in [-0.1, -0.05) is 29.3 Å². The van der Waals surface area contributed by atoms with Gasteiger partial charge < -0.3 is 15.3 Å². The molecule has 1 saturated heterocycles. The van der Waals surface area contributed by atoms with E-state index in [0.29, 0.717) is 36.1 Å². The summed E-state index contributed by atoms with van der Waals surface area (Å²) in [5.41, 5.74) is 0.978. The normalized spacial score (nSPS) is 19.9. The molecule has 1 aliphatic heterocycles. The molecule has 0 bridgehead atoms. The van der Waals surface area contributed by atoms with Gasteiger partial charge in [0.15, 0.2) is 0 Å². The molecule has 1 unspecified atom stereocenters. The number of carbonyl (C=O) groups is 1. The lowest BCUT2D eigenvalue weighted by Gasteiger charge is -2.32. The van der Waals surface area contributed by atoms with Gasteiger partial charge in [0.1, 0.15) is 0 Å². The van der Waals surface area contributed by atoms with E-state index in [2.05, 4.69) is 5.32 Å². The second-order valence-electron chi connectivity index (χ2n) is 4.32. The average molecular weight is 289 g/mol. The fourth-order valence-corrected chi connectivity index (χ4v) is 2.57. The Morgan fingerprint density at radius 3 is 2.94 bits per heavy atom. The van der Waals surface area contributed by atoms with Crippen molar-refractivity contribution in [3.8, 4) is 0 Å². The summed E-state index contributed by atoms with van der Waals surface area (Å²) in [5, 5.41) is 13.5. The Labute approximate surface area is 115 Å². The number of hydrogen-bond acceptors (Lipinski definition) is 2. The summed E-state index contributed by atoms with van der Waals surface area (Å²) < 4.78 is 0. The first-order chi connectivity index (χ1) is 8.56. The fraction of sp³-hybridized carbons (Fsp3) is 0.417. The van der Waals surface area contributed by atoms with Gasteiger partial charge in [-0.2, -0.15) is 0 Å². The van der Waals surface area contributed by atoms with Gasteiger partial charge in [-0.05, 0) is 24.1 Å². The lowest BCUT2D eigenvalue weighted by Crippen LogP contribution is -2.53. The number of piperazine rings is 1. The van der Waals surface area contributed by atoms with Crippen molar-refractivity contribution < 1.29 is 9.90 Å². The van der Waals surface area contributed by atoms with Crippen molar-refractivity contribution in [2.75, 3.05) is 19.6 Å². The van der Waals surface area contributed by atoms with Crippen LogP contribution in [-0.2, 0) is 6.42 Å². The maximum absolute atomic E-state index is 10.9. The van der Waals surface area contributed by atoms with Crippen LogP contribution in [0.4, 0.5) is 4.79 Å². The Hall–Kier alpha value is -0.970. The molecule has 1 heterocycles. The molecule has 98 valence electrons. The minimum atomic E-state index is -0.872. The molecule has 0 aromatic heterocycles. The maximum atomic E-state index is 10.9. The third-order valence-electron chi connectivity index (χ3n) is 3.01. The van der Waals surface area contributed by atoms with Gasteiger partial charge >= 0.3 is 6.09 Å². The fourth-order valence-electron chi connectivity index (χ4n) is 2.09. The number of hydrogen-bond donors (Lipinski definition) is 2. The summed E-state index contributed by atoms with van der Waals surface area (Å²) in [6.45, 7) is 1.68. The van der Waals surface area contributed by atoms with Crippen LogP contribution in [0.25, 0.3) is 0 Å². The molecule has 6 heteroatoms. The van der Waals surface area contributed by atoms with E-state index in [1.807, 2.05) is 6.07 Å². The third kappa shape index (κ3) is 3.28. The lowest BCUT2D eigenvalue weighted by atomic mass is 10.0. The zero-order valence-corrected chi connectivity index (χ0v) is 11.2. The molecule has 1 amide bonds. The molecule has 4 nitrogen and oxygen atoms in total. The number of amides is 1. The summed E-state index contributed by atoms with van der Waals surface area (Å²) in [6.07, 6.45) is -0.177. The number of benzene rings is 1. The number of carboxylic acid groups (broad SMARTS) is 1. The Morgan fingerprint density at radius 2 is 2.28 bits per heavy atom. The van der Waals surface area contributed by atoms with Crippen LogP contribution < -0.4 is 5.32 Å². The molecule has 1 atom stereocenters. The molecule has 18 heavy (non-hydrogen) atoms. The van der Waals surface area contributed by atoms with Gasteiger partial charge in [-0.15, -0.1) is 0 Å². The zero-order valence-electron chi connectivity index (χ0n) is 9.70. The number of halogens is 2. The second-order valence-corrected chi connectivity index (χ2v) is 5.16. The van der Waals surface area contributed by atoms with Crippen molar-refractivity contribution in [1.82, 2.24) is 10.2 Å². The number of nitrogens with zero attached hydrogens (tertiary/aromatic N) is 1. The van der Waals surface area contributed by atoms with Crippen molar-refractivity contribution in [1.29, 1.82) is 0 Å². The average Bonchev–Trinajstić information content (AvgIpc) is 2.33. The monoisotopic (exact) mass is 288 g/mol. The van der Waals surface area contributed by atoms with E-state index in [0.717, 1.165) is 5.56 Å². The molecular formula is C12H14Cl2N2O2. The minimum Gasteiger partial charge on any atom is -0.465 e. The topological polar surface area (TPSA) is 52.6 Å². The first-order valence-electron chi connectivity index (χ1n) is 5.71. The summed E-state index contributed by atoms with van der Waals surface area (Å²) >= 11 is 11.9. The largest absolute Gasteiger partial charge is 0.465 e. The summed E-state index contributed by atoms with van der Waals surface area (Å²) in [4.78, 5) is 12.3. The highest BCUT2D eigenvalue weighted by Crippen LogP contribution is 2.22. The minimum absolute atomic E-state index is 0.0912. The molecule has 1 aliphatic rings. The van der Waals surface area contributed by atoms with Gasteiger partial charge in [0.2, 0.25) is 0 Å². The van der Waals surface area contributed by atoms with Crippen molar-refractivity contribution in [3.05, 3.63) is 33.8 Å². The van der Waals surface area contributed by atoms with Crippen molar-refractivity contribution in [2.24, 2.45) is 0 Å². The van der Waals surface area contributed by atoms with Gasteiger partial charge in [-0.3, -0.25) is 0 Å². The first-order valence-corrected chi connectivity index (χ1v) is 6.47. The van der Waals surface area contributed by atoms with Crippen molar-refractivity contribution in [3.63, 3.8) is 0 Å². The van der Waals surface area contributed by atoms with Crippen LogP contribution in [0.1, 0.15) is 5.56 Å². The summed E-state index contributed by atoms with van der Waals surface area (Å²) in [5.74, 6) is 0. The molecule has 0 spiro atoms. The molecule has 0 aliphatic carbocycles. The standard InChI is InChI=1S/C12H14Cl2N2O2/c13-9-2-1-8(11(14)6-9)5-10-7-16(12(17)18)4-3-15-10/h1-2,6,10,15H,3-5,7H2,(H,17,18). The van der Waals surface area contributed by atoms with Gasteiger partial charge in [0.05, 0.1) is 0 Å². The van der Waals surface area contributed by atoms with E-state index in [1.54, 1.807) is 12.1 Å². The van der Waals surface area contributed by atoms with Crippen LogP contribution in [0.5, 0.6) is 0 Å². The Balaban J connectivity index is 2.02. The van der Waals surface area contributed by atoms with Crippen LogP contribution in [-0.4, -0.2) is 41.8 Å². The van der Waals surface area contributed by atoms with E-state index in [1.165, 1.54) is 4.90 Å². The van der Waals surface area contributed by atoms with E-state index >= 15 is 0 Å². The molecular weight excluding hydrogens is 275 g/mol. The number of nitrogens with one attached hydrogen (secondary N) is 1. The summed E-state index contributed by atoms with van der Waals surface area (Å²) in [7, 11) is 0. The van der Waals surface area contributed by atoms with Gasteiger partial charge in [0.25, 0.3) is 0 Å². The third-order valence-corrected chi connectivity index (χ3v) is 3.59. The highest BCUT2D eigenvalue weighted by atomic mass is 35.5. The molecule has 0 saturated carbocycles. The van der Waals surface area contributed by atoms with E-state index in [-0.39, 0.29) is 6.04 Å². The van der Waals surface area contributed by atoms with Crippen LogP contribution in [0.3, 0.4) is 0 Å². The molecule has 2 N–H and O–H groups in total. The lowest BCUT2D eigenvalue weighted by molar-refractivity contribution is 0.128. The van der Waals surface area contributed by atoms with Gasteiger partial charge in [0, 0.05) is 35.7 Å². The molecule has 1 aromatic rings. The predicted octanol–water partition coefficient (Wildman–Crippen LogP) is 2.49. The van der Waals surface area contributed by atoms with Crippen LogP contribution in [0.15, 0.2) is 18.2 Å². The Morgan fingerprint density at radius 1 is 1.50 bits per heavy atom. The van der Waals surface area contributed by atoms with Crippen molar-refractivity contribution >= 4 is 29.3 Å². The highest BCUT2D eigenvalue weighted by molar-refractivity contribution is 6.35. The van der Waals surface area contributed by atoms with Crippen LogP contribution in [0, 0.1) is 0 Å². The predicted molar refractivity (Wildman–Crippen MR) is 71.6 cm³/mol. The quantitative estimate of drug-likeness (QED) is 0.879. The highest BCUT2D eigenvalue weighted by Gasteiger charge is 2.23. The van der Waals surface area contributed by atoms with E-state index in [9.17, 15) is 4.79 Å². The maximum Gasteiger partial charge on any atom is 0.407 e. The van der Waals surface area contributed by atoms with Gasteiger partial charge in [-0.25, -0.2) is 4.79 Å². The second kappa shape index (κ2) is 5.78. The smallest absolute Gasteiger partial charge is 0.407 e. The molecule has 2 rings (SSSR count). The molecule has 1 aromatic carbocycles. The van der Waals surface area contributed by atoms with Crippen LogP contribution >= 0.6 is 23.2 Å². The van der Waals surface area contributed by atoms with E-state index < -0.39 is 6.09 Å². The molecule has 0 radical (unpaired) electrons. The van der Waals surface area contributed by atoms with Crippen LogP contribution in [0.2, 0.25) is 10.0 Å². The SMILES string of the molecule is O=C(O)N1CCNC(Cc2ccc(Cl)cc2Cl)C1. The Kier molecular flexibility index (Phi) is 4.32. The zero-order chi connectivity index (χ0) is 13.1. The Bertz CT molecular complexity index is 454. The van der Waals surface area contributed by atoms with Crippen molar-refractivity contribution in [2.45, 2.75) is 12.5 Å². The molecule has 1 fully saturated rings. The summed E-state index contributed by atoms with van der Waals surface area (Å²) in [6, 6.07) is 5.47. The first kappa shape index (κ1) is 13.5. The van der Waals surface area contributed by atoms with E-state index in [4.69, 9.17) is 28.3 Å².